The minimum absolute atomic E-state index is 0.293. The van der Waals surface area contributed by atoms with Gasteiger partial charge in [0.25, 0.3) is 0 Å². The van der Waals surface area contributed by atoms with E-state index in [1.54, 1.807) is 0 Å². The molecule has 1 aliphatic heterocycles. The van der Waals surface area contributed by atoms with Crippen LogP contribution in [0.25, 0.3) is 0 Å². The van der Waals surface area contributed by atoms with Crippen LogP contribution in [0.15, 0.2) is 0 Å². The smallest absolute Gasteiger partial charge is 0.0325 e. The van der Waals surface area contributed by atoms with Crippen molar-refractivity contribution in [2.24, 2.45) is 0 Å². The molecule has 0 aromatic rings. The quantitative estimate of drug-likeness (QED) is 0.738. The van der Waals surface area contributed by atoms with Gasteiger partial charge in [-0.2, -0.15) is 0 Å². The molecule has 2 unspecified atom stereocenters. The molecule has 0 aromatic heterocycles. The predicted octanol–water partition coefficient (Wildman–Crippen LogP) is 1.01. The molecule has 3 heteroatoms. The van der Waals surface area contributed by atoms with E-state index in [1.807, 2.05) is 0 Å². The molecule has 1 aliphatic rings. The molecule has 0 spiro atoms. The Labute approximate surface area is 94.8 Å². The number of likely N-dealkylation sites (N-methyl/N-ethyl adjacent to an activating group) is 1. The van der Waals surface area contributed by atoms with Crippen molar-refractivity contribution < 1.29 is 0 Å². The Morgan fingerprint density at radius 3 is 2.33 bits per heavy atom. The lowest BCUT2D eigenvalue weighted by Gasteiger charge is -2.45. The Hall–Kier alpha value is -0.120. The molecule has 0 aromatic carbocycles. The first-order valence-corrected chi connectivity index (χ1v) is 5.95. The molecule has 2 atom stereocenters. The van der Waals surface area contributed by atoms with E-state index < -0.39 is 0 Å². The maximum absolute atomic E-state index is 3.67. The monoisotopic (exact) mass is 213 g/mol. The van der Waals surface area contributed by atoms with Gasteiger partial charge in [0.05, 0.1) is 0 Å². The van der Waals surface area contributed by atoms with Crippen molar-refractivity contribution in [3.63, 3.8) is 0 Å². The Kier molecular flexibility index (Phi) is 4.15. The van der Waals surface area contributed by atoms with E-state index in [9.17, 15) is 0 Å². The lowest BCUT2D eigenvalue weighted by Crippen LogP contribution is -2.62. The van der Waals surface area contributed by atoms with E-state index in [4.69, 9.17) is 0 Å². The molecule has 1 saturated heterocycles. The van der Waals surface area contributed by atoms with Crippen LogP contribution >= 0.6 is 0 Å². The average Bonchev–Trinajstić information content (AvgIpc) is 1.99. The number of piperazine rings is 1. The van der Waals surface area contributed by atoms with Crippen LogP contribution in [0.4, 0.5) is 0 Å². The Morgan fingerprint density at radius 1 is 1.27 bits per heavy atom. The molecule has 0 amide bonds. The van der Waals surface area contributed by atoms with Crippen LogP contribution < -0.4 is 5.32 Å². The van der Waals surface area contributed by atoms with Gasteiger partial charge >= 0.3 is 0 Å². The molecule has 1 N–H and O–H groups in total. The van der Waals surface area contributed by atoms with Gasteiger partial charge in [0.2, 0.25) is 0 Å². The summed E-state index contributed by atoms with van der Waals surface area (Å²) in [5.41, 5.74) is 0.293. The summed E-state index contributed by atoms with van der Waals surface area (Å²) in [6.07, 6.45) is 0. The van der Waals surface area contributed by atoms with Crippen molar-refractivity contribution in [1.29, 1.82) is 0 Å². The predicted molar refractivity (Wildman–Crippen MR) is 66.3 cm³/mol. The number of rotatable bonds is 2. The average molecular weight is 213 g/mol. The van der Waals surface area contributed by atoms with Crippen molar-refractivity contribution in [3.05, 3.63) is 0 Å². The molecular formula is C12H27N3. The summed E-state index contributed by atoms with van der Waals surface area (Å²) in [5, 5.41) is 3.67. The normalized spacial score (nSPS) is 29.8. The fourth-order valence-electron chi connectivity index (χ4n) is 2.28. The molecular weight excluding hydrogens is 186 g/mol. The number of nitrogens with one attached hydrogen (secondary N) is 1. The third-order valence-corrected chi connectivity index (χ3v) is 2.99. The first kappa shape index (κ1) is 12.9. The fraction of sp³-hybridized carbons (Fsp3) is 1.00. The summed E-state index contributed by atoms with van der Waals surface area (Å²) in [5.74, 6) is 0. The second-order valence-corrected chi connectivity index (χ2v) is 6.10. The van der Waals surface area contributed by atoms with Crippen molar-refractivity contribution in [2.45, 2.75) is 45.3 Å². The lowest BCUT2D eigenvalue weighted by molar-refractivity contribution is 0.0682. The molecule has 0 bridgehead atoms. The highest BCUT2D eigenvalue weighted by Gasteiger charge is 2.30. The highest BCUT2D eigenvalue weighted by atomic mass is 15.3. The first-order chi connectivity index (χ1) is 6.79. The van der Waals surface area contributed by atoms with E-state index in [0.717, 1.165) is 19.6 Å². The van der Waals surface area contributed by atoms with Gasteiger partial charge in [-0.25, -0.2) is 0 Å². The zero-order chi connectivity index (χ0) is 11.6. The zero-order valence-electron chi connectivity index (χ0n) is 11.2. The van der Waals surface area contributed by atoms with Gasteiger partial charge in [0, 0.05) is 37.3 Å². The van der Waals surface area contributed by atoms with Gasteiger partial charge in [-0.1, -0.05) is 0 Å². The molecule has 90 valence electrons. The van der Waals surface area contributed by atoms with Gasteiger partial charge in [0.15, 0.2) is 0 Å². The molecule has 1 fully saturated rings. The van der Waals surface area contributed by atoms with E-state index in [-0.39, 0.29) is 0 Å². The van der Waals surface area contributed by atoms with Crippen molar-refractivity contribution in [1.82, 2.24) is 15.1 Å². The highest BCUT2D eigenvalue weighted by Crippen LogP contribution is 2.17. The van der Waals surface area contributed by atoms with Crippen LogP contribution in [0.1, 0.15) is 27.7 Å². The summed E-state index contributed by atoms with van der Waals surface area (Å²) in [6, 6.07) is 1.20. The molecule has 0 radical (unpaired) electrons. The van der Waals surface area contributed by atoms with E-state index in [2.05, 4.69) is 56.9 Å². The maximum atomic E-state index is 3.67. The SMILES string of the molecule is CC1CN(C(C)(C)C)CC(CN(C)C)N1. The largest absolute Gasteiger partial charge is 0.308 e. The fourth-order valence-corrected chi connectivity index (χ4v) is 2.28. The molecule has 15 heavy (non-hydrogen) atoms. The van der Waals surface area contributed by atoms with Gasteiger partial charge < -0.3 is 10.2 Å². The Morgan fingerprint density at radius 2 is 1.87 bits per heavy atom. The Bertz CT molecular complexity index is 194. The van der Waals surface area contributed by atoms with Crippen molar-refractivity contribution >= 4 is 0 Å². The topological polar surface area (TPSA) is 18.5 Å². The molecule has 1 rings (SSSR count). The minimum Gasteiger partial charge on any atom is -0.308 e. The third-order valence-electron chi connectivity index (χ3n) is 2.99. The molecule has 3 nitrogen and oxygen atoms in total. The van der Waals surface area contributed by atoms with Crippen LogP contribution in [0.3, 0.4) is 0 Å². The van der Waals surface area contributed by atoms with E-state index >= 15 is 0 Å². The van der Waals surface area contributed by atoms with Gasteiger partial charge in [-0.15, -0.1) is 0 Å². The molecule has 1 heterocycles. The van der Waals surface area contributed by atoms with Gasteiger partial charge in [0.1, 0.15) is 0 Å². The van der Waals surface area contributed by atoms with Crippen LogP contribution in [0, 0.1) is 0 Å². The summed E-state index contributed by atoms with van der Waals surface area (Å²) >= 11 is 0. The summed E-state index contributed by atoms with van der Waals surface area (Å²) < 4.78 is 0. The van der Waals surface area contributed by atoms with Crippen molar-refractivity contribution in [2.75, 3.05) is 33.7 Å². The third kappa shape index (κ3) is 4.09. The summed E-state index contributed by atoms with van der Waals surface area (Å²) in [7, 11) is 4.28. The first-order valence-electron chi connectivity index (χ1n) is 5.95. The molecule has 0 aliphatic carbocycles. The molecule has 0 saturated carbocycles. The Balaban J connectivity index is 2.56. The second kappa shape index (κ2) is 4.81. The lowest BCUT2D eigenvalue weighted by atomic mass is 10.0. The number of nitrogens with zero attached hydrogens (tertiary/aromatic N) is 2. The van der Waals surface area contributed by atoms with Gasteiger partial charge in [-0.3, -0.25) is 4.90 Å². The van der Waals surface area contributed by atoms with Crippen LogP contribution in [-0.4, -0.2) is 61.2 Å². The van der Waals surface area contributed by atoms with Crippen LogP contribution in [0.2, 0.25) is 0 Å². The van der Waals surface area contributed by atoms with Crippen LogP contribution in [0.5, 0.6) is 0 Å². The maximum Gasteiger partial charge on any atom is 0.0325 e. The number of hydrogen-bond donors (Lipinski definition) is 1. The van der Waals surface area contributed by atoms with E-state index in [1.165, 1.54) is 0 Å². The minimum atomic E-state index is 0.293. The van der Waals surface area contributed by atoms with Crippen LogP contribution in [-0.2, 0) is 0 Å². The second-order valence-electron chi connectivity index (χ2n) is 6.10. The summed E-state index contributed by atoms with van der Waals surface area (Å²) in [4.78, 5) is 4.85. The van der Waals surface area contributed by atoms with Gasteiger partial charge in [-0.05, 0) is 41.8 Å². The standard InChI is InChI=1S/C12H27N3/c1-10-7-15(12(2,3)4)9-11(13-10)8-14(5)6/h10-11,13H,7-9H2,1-6H3. The van der Waals surface area contributed by atoms with Crippen molar-refractivity contribution in [3.8, 4) is 0 Å². The highest BCUT2D eigenvalue weighted by molar-refractivity contribution is 4.90. The van der Waals surface area contributed by atoms with E-state index in [0.29, 0.717) is 17.6 Å². The zero-order valence-corrected chi connectivity index (χ0v) is 11.2. The number of hydrogen-bond acceptors (Lipinski definition) is 3. The summed E-state index contributed by atoms with van der Waals surface area (Å²) in [6.45, 7) is 12.6.